The summed E-state index contributed by atoms with van der Waals surface area (Å²) in [5.74, 6) is 1.47. The molecule has 0 unspecified atom stereocenters. The largest absolute Gasteiger partial charge is 0.399 e. The highest BCUT2D eigenvalue weighted by Crippen LogP contribution is 2.14. The minimum atomic E-state index is 0. The summed E-state index contributed by atoms with van der Waals surface area (Å²) in [6.07, 6.45) is 1.19. The van der Waals surface area contributed by atoms with Gasteiger partial charge in [-0.2, -0.15) is 4.98 Å². The molecule has 1 saturated heterocycles. The molecule has 0 aliphatic carbocycles. The minimum Gasteiger partial charge on any atom is -0.399 e. The number of hydrogen-bond acceptors (Lipinski definition) is 6. The van der Waals surface area contributed by atoms with Crippen LogP contribution in [0, 0.1) is 6.92 Å². The Bertz CT molecular complexity index is 702. The predicted molar refractivity (Wildman–Crippen MR) is 105 cm³/mol. The van der Waals surface area contributed by atoms with Crippen LogP contribution in [0.15, 0.2) is 28.8 Å². The summed E-state index contributed by atoms with van der Waals surface area (Å²) in [6, 6.07) is 7.71. The molecule has 0 saturated carbocycles. The summed E-state index contributed by atoms with van der Waals surface area (Å²) in [5.41, 5.74) is 7.72. The molecule has 9 heteroatoms. The Kier molecular flexibility index (Phi) is 8.84. The Morgan fingerprint density at radius 3 is 2.50 bits per heavy atom. The lowest BCUT2D eigenvalue weighted by atomic mass is 10.1. The van der Waals surface area contributed by atoms with Crippen molar-refractivity contribution in [2.24, 2.45) is 0 Å². The number of benzene rings is 1. The molecule has 1 amide bonds. The van der Waals surface area contributed by atoms with Gasteiger partial charge in [0.2, 0.25) is 11.8 Å². The van der Waals surface area contributed by atoms with Crippen LogP contribution in [0.3, 0.4) is 0 Å². The third-order valence-corrected chi connectivity index (χ3v) is 4.32. The maximum absolute atomic E-state index is 12.4. The topological polar surface area (TPSA) is 88.5 Å². The summed E-state index contributed by atoms with van der Waals surface area (Å²) in [6.45, 7) is 5.58. The molecule has 0 bridgehead atoms. The van der Waals surface area contributed by atoms with E-state index in [9.17, 15) is 4.79 Å². The van der Waals surface area contributed by atoms with E-state index >= 15 is 0 Å². The van der Waals surface area contributed by atoms with Crippen molar-refractivity contribution in [3.63, 3.8) is 0 Å². The van der Waals surface area contributed by atoms with E-state index in [4.69, 9.17) is 10.3 Å². The van der Waals surface area contributed by atoms with Crippen LogP contribution in [-0.4, -0.2) is 52.0 Å². The van der Waals surface area contributed by atoms with Crippen LogP contribution in [0.25, 0.3) is 0 Å². The summed E-state index contributed by atoms with van der Waals surface area (Å²) < 4.78 is 4.99. The summed E-state index contributed by atoms with van der Waals surface area (Å²) in [5, 5.41) is 3.92. The van der Waals surface area contributed by atoms with E-state index < -0.39 is 0 Å². The van der Waals surface area contributed by atoms with Gasteiger partial charge < -0.3 is 15.2 Å². The quantitative estimate of drug-likeness (QED) is 0.771. The molecule has 1 aromatic heterocycles. The van der Waals surface area contributed by atoms with Gasteiger partial charge in [0, 0.05) is 45.2 Å². The molecule has 7 nitrogen and oxygen atoms in total. The first-order valence-corrected chi connectivity index (χ1v) is 8.24. The average molecular weight is 402 g/mol. The number of carbonyl (C=O) groups excluding carboxylic acids is 1. The Morgan fingerprint density at radius 2 is 1.88 bits per heavy atom. The van der Waals surface area contributed by atoms with Crippen LogP contribution in [0.4, 0.5) is 5.69 Å². The van der Waals surface area contributed by atoms with Crippen LogP contribution >= 0.6 is 24.8 Å². The van der Waals surface area contributed by atoms with E-state index in [1.165, 1.54) is 0 Å². The Labute approximate surface area is 165 Å². The summed E-state index contributed by atoms with van der Waals surface area (Å²) in [4.78, 5) is 20.8. The van der Waals surface area contributed by atoms with Gasteiger partial charge in [-0.05, 0) is 18.1 Å². The fraction of sp³-hybridized carbons (Fsp3) is 0.471. The second-order valence-corrected chi connectivity index (χ2v) is 6.09. The van der Waals surface area contributed by atoms with E-state index in [0.717, 1.165) is 37.4 Å². The number of amides is 1. The Morgan fingerprint density at radius 1 is 1.19 bits per heavy atom. The lowest BCUT2D eigenvalue weighted by Crippen LogP contribution is -2.48. The average Bonchev–Trinajstić information content (AvgIpc) is 2.99. The highest BCUT2D eigenvalue weighted by Gasteiger charge is 2.22. The number of piperazine rings is 1. The lowest BCUT2D eigenvalue weighted by molar-refractivity contribution is -0.133. The number of nitrogens with zero attached hydrogens (tertiary/aromatic N) is 4. The number of aryl methyl sites for hydroxylation is 2. The standard InChI is InChI=1S/C17H23N5O2.2ClH/c1-13-19-16(20-24-13)12-21-8-10-22(11-9-21)17(23)7-6-14-4-2-3-5-15(14)18;;/h2-5H,6-12,18H2,1H3;2*1H. The highest BCUT2D eigenvalue weighted by molar-refractivity contribution is 5.85. The van der Waals surface area contributed by atoms with Crippen molar-refractivity contribution in [1.29, 1.82) is 0 Å². The van der Waals surface area contributed by atoms with Crippen LogP contribution in [0.5, 0.6) is 0 Å². The van der Waals surface area contributed by atoms with Crippen molar-refractivity contribution >= 4 is 36.4 Å². The van der Waals surface area contributed by atoms with Gasteiger partial charge in [0.15, 0.2) is 5.82 Å². The SMILES string of the molecule is Cc1nc(CN2CCN(C(=O)CCc3ccccc3N)CC2)no1.Cl.Cl. The van der Waals surface area contributed by atoms with Gasteiger partial charge in [0.1, 0.15) is 0 Å². The van der Waals surface area contributed by atoms with Gasteiger partial charge in [-0.25, -0.2) is 0 Å². The number of nitrogen functional groups attached to an aromatic ring is 1. The van der Waals surface area contributed by atoms with Crippen LogP contribution in [0.1, 0.15) is 23.7 Å². The Balaban J connectivity index is 0.00000169. The minimum absolute atomic E-state index is 0. The maximum atomic E-state index is 12.4. The molecule has 1 fully saturated rings. The number of para-hydroxylation sites is 1. The Hall–Kier alpha value is -1.83. The number of nitrogens with two attached hydrogens (primary N) is 1. The molecule has 1 aliphatic rings. The van der Waals surface area contributed by atoms with Crippen molar-refractivity contribution in [3.8, 4) is 0 Å². The number of anilines is 1. The monoisotopic (exact) mass is 401 g/mol. The van der Waals surface area contributed by atoms with Crippen molar-refractivity contribution in [2.45, 2.75) is 26.3 Å². The molecule has 2 heterocycles. The van der Waals surface area contributed by atoms with E-state index in [2.05, 4.69) is 15.0 Å². The van der Waals surface area contributed by atoms with E-state index in [0.29, 0.717) is 31.1 Å². The number of aromatic nitrogens is 2. The highest BCUT2D eigenvalue weighted by atomic mass is 35.5. The zero-order valence-electron chi connectivity index (χ0n) is 14.8. The molecule has 3 rings (SSSR count). The normalized spacial score (nSPS) is 14.4. The zero-order chi connectivity index (χ0) is 16.9. The molecular formula is C17H25Cl2N5O2. The molecule has 0 radical (unpaired) electrons. The third kappa shape index (κ3) is 5.86. The molecule has 0 atom stereocenters. The number of carbonyl (C=O) groups is 1. The van der Waals surface area contributed by atoms with Gasteiger partial charge >= 0.3 is 0 Å². The fourth-order valence-electron chi connectivity index (χ4n) is 2.92. The molecule has 144 valence electrons. The van der Waals surface area contributed by atoms with Gasteiger partial charge in [-0.1, -0.05) is 23.4 Å². The molecule has 2 N–H and O–H groups in total. The molecule has 1 aliphatic heterocycles. The lowest BCUT2D eigenvalue weighted by Gasteiger charge is -2.34. The van der Waals surface area contributed by atoms with E-state index in [1.54, 1.807) is 6.92 Å². The number of rotatable bonds is 5. The van der Waals surface area contributed by atoms with Crippen LogP contribution < -0.4 is 5.73 Å². The van der Waals surface area contributed by atoms with Crippen LogP contribution in [-0.2, 0) is 17.8 Å². The molecule has 0 spiro atoms. The second-order valence-electron chi connectivity index (χ2n) is 6.09. The predicted octanol–water partition coefficient (Wildman–Crippen LogP) is 2.08. The number of hydrogen-bond donors (Lipinski definition) is 1. The van der Waals surface area contributed by atoms with Crippen molar-refractivity contribution in [3.05, 3.63) is 41.5 Å². The van der Waals surface area contributed by atoms with E-state index in [1.807, 2.05) is 29.2 Å². The van der Waals surface area contributed by atoms with Crippen LogP contribution in [0.2, 0.25) is 0 Å². The van der Waals surface area contributed by atoms with Crippen molar-refractivity contribution in [2.75, 3.05) is 31.9 Å². The molecule has 26 heavy (non-hydrogen) atoms. The zero-order valence-corrected chi connectivity index (χ0v) is 16.4. The molecular weight excluding hydrogens is 377 g/mol. The summed E-state index contributed by atoms with van der Waals surface area (Å²) >= 11 is 0. The first kappa shape index (κ1) is 22.2. The first-order chi connectivity index (χ1) is 11.6. The first-order valence-electron chi connectivity index (χ1n) is 8.24. The van der Waals surface area contributed by atoms with Gasteiger partial charge in [0.05, 0.1) is 6.54 Å². The van der Waals surface area contributed by atoms with E-state index in [-0.39, 0.29) is 30.7 Å². The third-order valence-electron chi connectivity index (χ3n) is 4.32. The van der Waals surface area contributed by atoms with Gasteiger partial charge in [-0.15, -0.1) is 24.8 Å². The fourth-order valence-corrected chi connectivity index (χ4v) is 2.92. The van der Waals surface area contributed by atoms with Gasteiger partial charge in [0.25, 0.3) is 0 Å². The smallest absolute Gasteiger partial charge is 0.223 e. The van der Waals surface area contributed by atoms with Crippen molar-refractivity contribution < 1.29 is 9.32 Å². The molecule has 1 aromatic carbocycles. The van der Waals surface area contributed by atoms with Crippen molar-refractivity contribution in [1.82, 2.24) is 19.9 Å². The van der Waals surface area contributed by atoms with Gasteiger partial charge in [-0.3, -0.25) is 9.69 Å². The second kappa shape index (κ2) is 10.4. The molecule has 2 aromatic rings. The maximum Gasteiger partial charge on any atom is 0.223 e. The summed E-state index contributed by atoms with van der Waals surface area (Å²) in [7, 11) is 0. The number of halogens is 2.